The van der Waals surface area contributed by atoms with Crippen molar-refractivity contribution in [3.05, 3.63) is 35.4 Å². The van der Waals surface area contributed by atoms with Crippen LogP contribution in [0.1, 0.15) is 57.1 Å². The maximum absolute atomic E-state index is 3.60. The second-order valence-corrected chi connectivity index (χ2v) is 6.25. The van der Waals surface area contributed by atoms with Gasteiger partial charge in [-0.2, -0.15) is 0 Å². The maximum atomic E-state index is 3.60. The molecule has 1 unspecified atom stereocenters. The first-order chi connectivity index (χ1) is 8.06. The molecule has 0 aromatic heterocycles. The van der Waals surface area contributed by atoms with Gasteiger partial charge in [-0.05, 0) is 70.0 Å². The molecule has 17 heavy (non-hydrogen) atoms. The van der Waals surface area contributed by atoms with Gasteiger partial charge in [-0.1, -0.05) is 24.3 Å². The van der Waals surface area contributed by atoms with Crippen molar-refractivity contribution in [2.45, 2.75) is 57.9 Å². The molecule has 1 aromatic rings. The predicted molar refractivity (Wildman–Crippen MR) is 74.5 cm³/mol. The third-order valence-electron chi connectivity index (χ3n) is 3.64. The maximum Gasteiger partial charge on any atom is 0.00965 e. The minimum atomic E-state index is 0.244. The minimum Gasteiger partial charge on any atom is -0.312 e. The fraction of sp³-hybridized carbons (Fsp3) is 0.625. The van der Waals surface area contributed by atoms with Crippen molar-refractivity contribution in [3.63, 3.8) is 0 Å². The lowest BCUT2D eigenvalue weighted by Crippen LogP contribution is -2.37. The topological polar surface area (TPSA) is 12.0 Å². The molecule has 0 saturated heterocycles. The van der Waals surface area contributed by atoms with Gasteiger partial charge in [0.05, 0.1) is 0 Å². The van der Waals surface area contributed by atoms with Gasteiger partial charge in [0.1, 0.15) is 0 Å². The van der Waals surface area contributed by atoms with Crippen LogP contribution >= 0.6 is 0 Å². The van der Waals surface area contributed by atoms with Crippen LogP contribution in [0.4, 0.5) is 0 Å². The molecule has 0 saturated carbocycles. The Labute approximate surface area is 106 Å². The van der Waals surface area contributed by atoms with Crippen molar-refractivity contribution >= 4 is 0 Å². The molecular weight excluding hydrogens is 206 g/mol. The van der Waals surface area contributed by atoms with Crippen LogP contribution in [-0.4, -0.2) is 12.1 Å². The third kappa shape index (κ3) is 3.57. The van der Waals surface area contributed by atoms with Gasteiger partial charge in [0.15, 0.2) is 0 Å². The van der Waals surface area contributed by atoms with Gasteiger partial charge in [0, 0.05) is 5.54 Å². The van der Waals surface area contributed by atoms with E-state index in [4.69, 9.17) is 0 Å². The zero-order valence-electron chi connectivity index (χ0n) is 11.4. The van der Waals surface area contributed by atoms with Crippen LogP contribution in [-0.2, 0) is 6.42 Å². The molecule has 1 aromatic carbocycles. The summed E-state index contributed by atoms with van der Waals surface area (Å²) in [5.74, 6) is 0.773. The van der Waals surface area contributed by atoms with E-state index in [-0.39, 0.29) is 5.54 Å². The Balaban J connectivity index is 1.95. The smallest absolute Gasteiger partial charge is 0.00965 e. The summed E-state index contributed by atoms with van der Waals surface area (Å²) < 4.78 is 0. The van der Waals surface area contributed by atoms with Crippen molar-refractivity contribution in [2.75, 3.05) is 6.54 Å². The first-order valence-corrected chi connectivity index (χ1v) is 6.89. The zero-order chi connectivity index (χ0) is 12.3. The Morgan fingerprint density at radius 2 is 2.00 bits per heavy atom. The Kier molecular flexibility index (Phi) is 3.88. The summed E-state index contributed by atoms with van der Waals surface area (Å²) in [5, 5.41) is 3.60. The lowest BCUT2D eigenvalue weighted by molar-refractivity contribution is 0.399. The Morgan fingerprint density at radius 3 is 2.76 bits per heavy atom. The van der Waals surface area contributed by atoms with Crippen LogP contribution in [0.25, 0.3) is 0 Å². The molecule has 1 heteroatoms. The summed E-state index contributed by atoms with van der Waals surface area (Å²) in [7, 11) is 0. The third-order valence-corrected chi connectivity index (χ3v) is 3.64. The molecule has 1 atom stereocenters. The van der Waals surface area contributed by atoms with Crippen molar-refractivity contribution in [3.8, 4) is 0 Å². The summed E-state index contributed by atoms with van der Waals surface area (Å²) in [6.07, 6.45) is 5.27. The molecule has 2 rings (SSSR count). The largest absolute Gasteiger partial charge is 0.312 e. The van der Waals surface area contributed by atoms with E-state index in [1.54, 1.807) is 11.1 Å². The summed E-state index contributed by atoms with van der Waals surface area (Å²) in [6.45, 7) is 7.84. The Bertz CT molecular complexity index is 362. The molecule has 0 bridgehead atoms. The fourth-order valence-electron chi connectivity index (χ4n) is 2.78. The highest BCUT2D eigenvalue weighted by Gasteiger charge is 2.19. The minimum absolute atomic E-state index is 0.244. The molecule has 1 N–H and O–H groups in total. The van der Waals surface area contributed by atoms with Crippen LogP contribution in [0.3, 0.4) is 0 Å². The van der Waals surface area contributed by atoms with E-state index in [9.17, 15) is 0 Å². The Hall–Kier alpha value is -0.820. The molecule has 0 radical (unpaired) electrons. The molecular formula is C16H25N. The second kappa shape index (κ2) is 5.22. The predicted octanol–water partition coefficient (Wildman–Crippen LogP) is 3.88. The summed E-state index contributed by atoms with van der Waals surface area (Å²) in [5.41, 5.74) is 3.43. The van der Waals surface area contributed by atoms with Crippen molar-refractivity contribution in [1.29, 1.82) is 0 Å². The van der Waals surface area contributed by atoms with Gasteiger partial charge in [0.2, 0.25) is 0 Å². The van der Waals surface area contributed by atoms with Crippen molar-refractivity contribution < 1.29 is 0 Å². The molecule has 1 aliphatic rings. The van der Waals surface area contributed by atoms with E-state index in [1.807, 2.05) is 0 Å². The second-order valence-electron chi connectivity index (χ2n) is 6.25. The number of aryl methyl sites for hydroxylation is 1. The molecule has 0 fully saturated rings. The van der Waals surface area contributed by atoms with Gasteiger partial charge in [-0.15, -0.1) is 0 Å². The molecule has 0 spiro atoms. The standard InChI is InChI=1S/C16H25N/c1-16(2,3)17-12-11-14-9-6-8-13-7-4-5-10-15(13)14/h4-5,7,10,14,17H,6,8-9,11-12H2,1-3H3. The average molecular weight is 231 g/mol. The zero-order valence-corrected chi connectivity index (χ0v) is 11.4. The van der Waals surface area contributed by atoms with Crippen LogP contribution in [0.15, 0.2) is 24.3 Å². The van der Waals surface area contributed by atoms with Gasteiger partial charge >= 0.3 is 0 Å². The number of nitrogens with one attached hydrogen (secondary N) is 1. The highest BCUT2D eigenvalue weighted by molar-refractivity contribution is 5.32. The Morgan fingerprint density at radius 1 is 1.24 bits per heavy atom. The van der Waals surface area contributed by atoms with Crippen molar-refractivity contribution in [1.82, 2.24) is 5.32 Å². The monoisotopic (exact) mass is 231 g/mol. The highest BCUT2D eigenvalue weighted by atomic mass is 14.9. The molecule has 0 heterocycles. The van der Waals surface area contributed by atoms with Crippen LogP contribution in [0.2, 0.25) is 0 Å². The van der Waals surface area contributed by atoms with E-state index >= 15 is 0 Å². The normalized spacial score (nSPS) is 20.1. The van der Waals surface area contributed by atoms with Crippen LogP contribution in [0, 0.1) is 0 Å². The summed E-state index contributed by atoms with van der Waals surface area (Å²) in [6, 6.07) is 9.00. The van der Waals surface area contributed by atoms with Gasteiger partial charge in [-0.25, -0.2) is 0 Å². The average Bonchev–Trinajstić information content (AvgIpc) is 2.28. The molecule has 0 aliphatic heterocycles. The van der Waals surface area contributed by atoms with E-state index in [2.05, 4.69) is 50.4 Å². The van der Waals surface area contributed by atoms with E-state index in [0.29, 0.717) is 0 Å². The van der Waals surface area contributed by atoms with Gasteiger partial charge in [0.25, 0.3) is 0 Å². The first kappa shape index (κ1) is 12.6. The number of hydrogen-bond donors (Lipinski definition) is 1. The number of benzene rings is 1. The quantitative estimate of drug-likeness (QED) is 0.832. The van der Waals surface area contributed by atoms with Gasteiger partial charge in [-0.3, -0.25) is 0 Å². The number of rotatable bonds is 3. The molecule has 0 amide bonds. The molecule has 1 nitrogen and oxygen atoms in total. The van der Waals surface area contributed by atoms with E-state index in [1.165, 1.54) is 25.7 Å². The SMILES string of the molecule is CC(C)(C)NCCC1CCCc2ccccc21. The van der Waals surface area contributed by atoms with Crippen LogP contribution < -0.4 is 5.32 Å². The van der Waals surface area contributed by atoms with E-state index in [0.717, 1.165) is 12.5 Å². The number of fused-ring (bicyclic) bond motifs is 1. The van der Waals surface area contributed by atoms with Crippen molar-refractivity contribution in [2.24, 2.45) is 0 Å². The van der Waals surface area contributed by atoms with Crippen LogP contribution in [0.5, 0.6) is 0 Å². The molecule has 94 valence electrons. The fourth-order valence-corrected chi connectivity index (χ4v) is 2.78. The van der Waals surface area contributed by atoms with E-state index < -0.39 is 0 Å². The van der Waals surface area contributed by atoms with Gasteiger partial charge < -0.3 is 5.32 Å². The first-order valence-electron chi connectivity index (χ1n) is 6.89. The lowest BCUT2D eigenvalue weighted by atomic mass is 9.81. The summed E-state index contributed by atoms with van der Waals surface area (Å²) in [4.78, 5) is 0. The number of hydrogen-bond acceptors (Lipinski definition) is 1. The summed E-state index contributed by atoms with van der Waals surface area (Å²) >= 11 is 0. The molecule has 1 aliphatic carbocycles. The lowest BCUT2D eigenvalue weighted by Gasteiger charge is -2.27. The highest BCUT2D eigenvalue weighted by Crippen LogP contribution is 2.33.